The van der Waals surface area contributed by atoms with Crippen LogP contribution in [0.1, 0.15) is 44.9 Å². The number of H-pyrrole nitrogens is 1. The average Bonchev–Trinajstić information content (AvgIpc) is 3.13. The van der Waals surface area contributed by atoms with E-state index in [2.05, 4.69) is 9.71 Å². The molecule has 6 nitrogen and oxygen atoms in total. The van der Waals surface area contributed by atoms with Crippen LogP contribution in [0.2, 0.25) is 0 Å². The predicted octanol–water partition coefficient (Wildman–Crippen LogP) is 4.50. The van der Waals surface area contributed by atoms with Gasteiger partial charge in [0, 0.05) is 24.0 Å². The fourth-order valence-corrected chi connectivity index (χ4v) is 4.52. The van der Waals surface area contributed by atoms with Crippen molar-refractivity contribution in [3.8, 4) is 11.5 Å². The molecule has 0 aliphatic rings. The molecule has 0 saturated carbocycles. The molecule has 0 saturated heterocycles. The van der Waals surface area contributed by atoms with E-state index in [4.69, 9.17) is 4.98 Å². The number of benzene rings is 2. The van der Waals surface area contributed by atoms with E-state index in [9.17, 15) is 9.00 Å². The fraction of sp³-hybridized carbons (Fsp3) is 0.333. The Labute approximate surface area is 184 Å². The molecule has 7 heteroatoms. The van der Waals surface area contributed by atoms with Crippen molar-refractivity contribution in [1.82, 2.24) is 19.3 Å². The zero-order valence-electron chi connectivity index (χ0n) is 18.7. The second-order valence-electron chi connectivity index (χ2n) is 9.04. The number of hydrogen-bond donors (Lipinski definition) is 2. The van der Waals surface area contributed by atoms with Gasteiger partial charge in [0.1, 0.15) is 0 Å². The first kappa shape index (κ1) is 21.5. The summed E-state index contributed by atoms with van der Waals surface area (Å²) in [5.74, 6) is 0.572. The molecule has 4 rings (SSSR count). The van der Waals surface area contributed by atoms with Crippen molar-refractivity contribution in [2.45, 2.75) is 45.4 Å². The highest BCUT2D eigenvalue weighted by Gasteiger charge is 2.24. The molecule has 1 unspecified atom stereocenters. The van der Waals surface area contributed by atoms with Crippen LogP contribution in [0, 0.1) is 6.92 Å². The largest absolute Gasteiger partial charge is 0.352 e. The van der Waals surface area contributed by atoms with Crippen LogP contribution in [0.3, 0.4) is 0 Å². The van der Waals surface area contributed by atoms with Crippen molar-refractivity contribution in [3.63, 3.8) is 0 Å². The Hall–Kier alpha value is -2.77. The summed E-state index contributed by atoms with van der Waals surface area (Å²) in [6.45, 7) is 9.71. The lowest BCUT2D eigenvalue weighted by Gasteiger charge is -2.23. The van der Waals surface area contributed by atoms with Crippen molar-refractivity contribution >= 4 is 32.8 Å². The smallest absolute Gasteiger partial charge is 0.261 e. The Morgan fingerprint density at radius 3 is 2.55 bits per heavy atom. The lowest BCUT2D eigenvalue weighted by molar-refractivity contribution is 0.617. The number of aromatic amines is 1. The van der Waals surface area contributed by atoms with E-state index in [0.29, 0.717) is 16.7 Å². The molecule has 4 aromatic rings. The lowest BCUT2D eigenvalue weighted by atomic mass is 10.0. The molecule has 31 heavy (non-hydrogen) atoms. The van der Waals surface area contributed by atoms with E-state index in [1.54, 1.807) is 11.6 Å². The number of aryl methyl sites for hydroxylation is 1. The number of hydrogen-bond acceptors (Lipinski definition) is 3. The maximum Gasteiger partial charge on any atom is 0.261 e. The Bertz CT molecular complexity index is 1350. The first-order valence-corrected chi connectivity index (χ1v) is 11.5. The molecule has 0 bridgehead atoms. The molecule has 0 amide bonds. The summed E-state index contributed by atoms with van der Waals surface area (Å²) in [6, 6.07) is 13.6. The van der Waals surface area contributed by atoms with Gasteiger partial charge in [-0.25, -0.2) is 13.9 Å². The molecule has 2 heterocycles. The maximum absolute atomic E-state index is 13.3. The maximum atomic E-state index is 13.3. The number of nitrogens with zero attached hydrogens (tertiary/aromatic N) is 2. The minimum Gasteiger partial charge on any atom is -0.352 e. The van der Waals surface area contributed by atoms with E-state index in [0.717, 1.165) is 27.7 Å². The zero-order chi connectivity index (χ0) is 22.5. The number of rotatable bonds is 4. The van der Waals surface area contributed by atoms with Gasteiger partial charge in [-0.3, -0.25) is 9.36 Å². The Morgan fingerprint density at radius 2 is 1.87 bits per heavy atom. The molecule has 2 aromatic carbocycles. The summed E-state index contributed by atoms with van der Waals surface area (Å²) >= 11 is 0. The third-order valence-corrected chi connectivity index (χ3v) is 7.11. The highest BCUT2D eigenvalue weighted by Crippen LogP contribution is 2.28. The summed E-state index contributed by atoms with van der Waals surface area (Å²) < 4.78 is 17.1. The fourth-order valence-electron chi connectivity index (χ4n) is 3.72. The van der Waals surface area contributed by atoms with Gasteiger partial charge < -0.3 is 4.98 Å². The second kappa shape index (κ2) is 7.73. The molecule has 162 valence electrons. The van der Waals surface area contributed by atoms with Gasteiger partial charge in [-0.1, -0.05) is 24.3 Å². The molecule has 2 N–H and O–H groups in total. The summed E-state index contributed by atoms with van der Waals surface area (Å²) in [7, 11) is 0.498. The third-order valence-electron chi connectivity index (χ3n) is 5.43. The predicted molar refractivity (Wildman–Crippen MR) is 128 cm³/mol. The van der Waals surface area contributed by atoms with Gasteiger partial charge in [0.2, 0.25) is 0 Å². The molecule has 0 aliphatic heterocycles. The Kier molecular flexibility index (Phi) is 5.35. The van der Waals surface area contributed by atoms with Gasteiger partial charge in [-0.15, -0.1) is 0 Å². The topological polar surface area (TPSA) is 79.8 Å². The Balaban J connectivity index is 1.92. The molecule has 0 aliphatic carbocycles. The standard InChI is InChI=1S/C24H28N4O2S/c1-14-11-17(15(2)27-31(30)24(3,4)5)21-18(12-14)23(29)28(6)22(26-21)20-13-16-9-7-8-10-19(16)25-20/h7-13,15,25,27H,1-6H3/t15-,31?/m1/s1. The minimum atomic E-state index is -1.25. The average molecular weight is 437 g/mol. The van der Waals surface area contributed by atoms with Crippen LogP contribution in [0.25, 0.3) is 33.3 Å². The molecule has 0 fully saturated rings. The van der Waals surface area contributed by atoms with E-state index in [1.807, 2.05) is 77.1 Å². The van der Waals surface area contributed by atoms with Crippen LogP contribution < -0.4 is 10.3 Å². The number of aromatic nitrogens is 3. The molecule has 2 aromatic heterocycles. The van der Waals surface area contributed by atoms with Gasteiger partial charge in [-0.2, -0.15) is 0 Å². The number of nitrogens with one attached hydrogen (secondary N) is 2. The van der Waals surface area contributed by atoms with Gasteiger partial charge in [0.25, 0.3) is 5.56 Å². The quantitative estimate of drug-likeness (QED) is 0.494. The highest BCUT2D eigenvalue weighted by molar-refractivity contribution is 7.84. The second-order valence-corrected chi connectivity index (χ2v) is 11.0. The highest BCUT2D eigenvalue weighted by atomic mass is 32.2. The molecule has 0 radical (unpaired) electrons. The third kappa shape index (κ3) is 3.95. The number of fused-ring (bicyclic) bond motifs is 2. The van der Waals surface area contributed by atoms with Crippen LogP contribution in [0.4, 0.5) is 0 Å². The monoisotopic (exact) mass is 436 g/mol. The van der Waals surface area contributed by atoms with Crippen LogP contribution in [0.15, 0.2) is 47.3 Å². The van der Waals surface area contributed by atoms with E-state index >= 15 is 0 Å². The summed E-state index contributed by atoms with van der Waals surface area (Å²) in [4.78, 5) is 21.6. The summed E-state index contributed by atoms with van der Waals surface area (Å²) in [5, 5.41) is 1.62. The molecular weight excluding hydrogens is 408 g/mol. The number of para-hydroxylation sites is 1. The summed E-state index contributed by atoms with van der Waals surface area (Å²) in [6.07, 6.45) is 0. The van der Waals surface area contributed by atoms with Crippen LogP contribution in [-0.2, 0) is 18.0 Å². The van der Waals surface area contributed by atoms with Crippen molar-refractivity contribution in [2.75, 3.05) is 0 Å². The minimum absolute atomic E-state index is 0.104. The van der Waals surface area contributed by atoms with E-state index in [-0.39, 0.29) is 11.6 Å². The van der Waals surface area contributed by atoms with Crippen LogP contribution in [-0.4, -0.2) is 23.5 Å². The Morgan fingerprint density at radius 1 is 1.16 bits per heavy atom. The molecular formula is C24H28N4O2S. The van der Waals surface area contributed by atoms with E-state index in [1.165, 1.54) is 0 Å². The summed E-state index contributed by atoms with van der Waals surface area (Å²) in [5.41, 5.74) is 4.14. The molecule has 0 spiro atoms. The lowest BCUT2D eigenvalue weighted by Crippen LogP contribution is -2.35. The molecule has 2 atom stereocenters. The van der Waals surface area contributed by atoms with Crippen molar-refractivity contribution in [3.05, 3.63) is 63.9 Å². The van der Waals surface area contributed by atoms with Gasteiger partial charge in [0.15, 0.2) is 5.82 Å². The van der Waals surface area contributed by atoms with Gasteiger partial charge >= 0.3 is 0 Å². The van der Waals surface area contributed by atoms with Gasteiger partial charge in [-0.05, 0) is 63.9 Å². The van der Waals surface area contributed by atoms with E-state index < -0.39 is 15.7 Å². The SMILES string of the molecule is Cc1cc([C@@H](C)NS(=O)C(C)(C)C)c2nc(-c3cc4ccccc4[nH]3)n(C)c(=O)c2c1. The first-order valence-electron chi connectivity index (χ1n) is 10.3. The van der Waals surface area contributed by atoms with Crippen LogP contribution in [0.5, 0.6) is 0 Å². The van der Waals surface area contributed by atoms with Crippen molar-refractivity contribution in [2.24, 2.45) is 7.05 Å². The van der Waals surface area contributed by atoms with Crippen molar-refractivity contribution < 1.29 is 4.21 Å². The van der Waals surface area contributed by atoms with Gasteiger partial charge in [0.05, 0.1) is 32.3 Å². The normalized spacial score (nSPS) is 14.3. The first-order chi connectivity index (χ1) is 14.6. The van der Waals surface area contributed by atoms with Crippen LogP contribution >= 0.6 is 0 Å². The van der Waals surface area contributed by atoms with Crippen molar-refractivity contribution in [1.29, 1.82) is 0 Å². The zero-order valence-corrected chi connectivity index (χ0v) is 19.6.